The van der Waals surface area contributed by atoms with Crippen LogP contribution in [0.5, 0.6) is 0 Å². The zero-order valence-corrected chi connectivity index (χ0v) is 19.5. The van der Waals surface area contributed by atoms with Crippen molar-refractivity contribution >= 4 is 34.3 Å². The second-order valence-electron chi connectivity index (χ2n) is 8.89. The van der Waals surface area contributed by atoms with E-state index in [1.54, 1.807) is 13.8 Å². The van der Waals surface area contributed by atoms with Crippen molar-refractivity contribution in [2.24, 2.45) is 11.1 Å². The van der Waals surface area contributed by atoms with Gasteiger partial charge in [0.15, 0.2) is 0 Å². The smallest absolute Gasteiger partial charge is 0.421 e. The van der Waals surface area contributed by atoms with Crippen molar-refractivity contribution in [3.8, 4) is 0 Å². The molecule has 2 rings (SSSR count). The van der Waals surface area contributed by atoms with Crippen LogP contribution in [0.4, 0.5) is 4.79 Å². The van der Waals surface area contributed by atoms with Gasteiger partial charge in [0.05, 0.1) is 19.3 Å². The number of ether oxygens (including phenoxy) is 1. The van der Waals surface area contributed by atoms with Crippen molar-refractivity contribution in [1.29, 1.82) is 0 Å². The third-order valence-corrected chi connectivity index (χ3v) is 6.23. The Balaban J connectivity index is 1.75. The van der Waals surface area contributed by atoms with Gasteiger partial charge in [0, 0.05) is 19.4 Å². The number of primary amides is 1. The Kier molecular flexibility index (Phi) is 9.03. The van der Waals surface area contributed by atoms with Gasteiger partial charge >= 0.3 is 28.4 Å². The first-order chi connectivity index (χ1) is 15.3. The summed E-state index contributed by atoms with van der Waals surface area (Å²) in [6.45, 7) is 3.30. The number of piperidine rings is 1. The summed E-state index contributed by atoms with van der Waals surface area (Å²) in [5.74, 6) is -2.05. The van der Waals surface area contributed by atoms with E-state index in [-0.39, 0.29) is 32.6 Å². The van der Waals surface area contributed by atoms with Crippen molar-refractivity contribution in [2.45, 2.75) is 70.9 Å². The number of nitrogens with zero attached hydrogens (tertiary/aromatic N) is 2. The van der Waals surface area contributed by atoms with Crippen LogP contribution in [0.2, 0.25) is 0 Å². The van der Waals surface area contributed by atoms with Crippen molar-refractivity contribution in [3.63, 3.8) is 0 Å². The Bertz CT molecular complexity index is 860. The van der Waals surface area contributed by atoms with E-state index in [1.165, 1.54) is 4.90 Å². The molecule has 2 saturated heterocycles. The second-order valence-corrected chi connectivity index (χ2v) is 10.1. The molecule has 13 nitrogen and oxygen atoms in total. The summed E-state index contributed by atoms with van der Waals surface area (Å²) in [5, 5.41) is 9.27. The lowest BCUT2D eigenvalue weighted by Gasteiger charge is -2.27. The number of carbonyl (C=O) groups is 4. The monoisotopic (exact) mass is 493 g/mol. The molecule has 0 unspecified atom stereocenters. The summed E-state index contributed by atoms with van der Waals surface area (Å²) in [4.78, 5) is 47.2. The number of rotatable bonds is 14. The Labute approximate surface area is 192 Å². The predicted octanol–water partition coefficient (Wildman–Crippen LogP) is 0.538. The van der Waals surface area contributed by atoms with E-state index in [2.05, 4.69) is 0 Å². The van der Waals surface area contributed by atoms with Gasteiger partial charge in [0.25, 0.3) is 0 Å². The minimum atomic E-state index is -4.56. The Morgan fingerprint density at radius 3 is 2.48 bits per heavy atom. The van der Waals surface area contributed by atoms with Gasteiger partial charge in [0.1, 0.15) is 6.04 Å². The lowest BCUT2D eigenvalue weighted by Crippen LogP contribution is -2.47. The third-order valence-electron chi connectivity index (χ3n) is 5.48. The molecule has 0 spiro atoms. The Morgan fingerprint density at radius 2 is 1.85 bits per heavy atom. The number of aliphatic carboxylic acids is 1. The molecule has 33 heavy (non-hydrogen) atoms. The highest BCUT2D eigenvalue weighted by Gasteiger charge is 2.49. The molecule has 0 aromatic rings. The van der Waals surface area contributed by atoms with Crippen LogP contribution >= 0.6 is 0 Å². The van der Waals surface area contributed by atoms with Gasteiger partial charge in [-0.05, 0) is 37.5 Å². The van der Waals surface area contributed by atoms with Gasteiger partial charge in [-0.25, -0.2) is 8.98 Å². The summed E-state index contributed by atoms with van der Waals surface area (Å²) in [6.07, 6.45) is 1.84. The molecule has 3 amide bonds. The number of hydrogen-bond donors (Lipinski definition) is 2. The number of nitrogens with two attached hydrogens (primary N) is 1. The first-order valence-corrected chi connectivity index (χ1v) is 12.0. The van der Waals surface area contributed by atoms with E-state index in [1.807, 2.05) is 0 Å². The number of hydroxylamine groups is 2. The SMILES string of the molecule is CC(C)(CCOC(=O)CCCCC(=O)O)COS(=O)(=O)ON1C(=O)N2C[C@H]1CC[C@H]2C(N)=O. The number of carboxylic acid groups (broad SMARTS) is 1. The molecule has 2 bridgehead atoms. The standard InChI is InChI=1S/C19H31N3O10S/c1-19(2,9-10-30-16(25)6-4-3-5-15(23)24)12-31-33(28,29)32-22-13-7-8-14(17(20)26)21(11-13)18(22)27/h13-14H,3-12H2,1-2H3,(H2,20,26)(H,23,24)/t13-,14+/m1/s1. The Hall–Kier alpha value is -2.45. The van der Waals surface area contributed by atoms with Crippen LogP contribution in [0.25, 0.3) is 0 Å². The minimum Gasteiger partial charge on any atom is -0.481 e. The second kappa shape index (κ2) is 11.1. The molecular formula is C19H31N3O10S. The summed E-state index contributed by atoms with van der Waals surface area (Å²) >= 11 is 0. The lowest BCUT2D eigenvalue weighted by atomic mass is 9.91. The normalized spacial score (nSPS) is 20.7. The number of unbranched alkanes of at least 4 members (excludes halogenated alkanes) is 1. The highest BCUT2D eigenvalue weighted by atomic mass is 32.3. The maximum atomic E-state index is 12.4. The van der Waals surface area contributed by atoms with Gasteiger partial charge in [-0.3, -0.25) is 14.4 Å². The van der Waals surface area contributed by atoms with Gasteiger partial charge in [-0.15, -0.1) is 4.28 Å². The van der Waals surface area contributed by atoms with Crippen LogP contribution in [0, 0.1) is 5.41 Å². The molecule has 2 fully saturated rings. The van der Waals surface area contributed by atoms with Crippen LogP contribution in [0.3, 0.4) is 0 Å². The average Bonchev–Trinajstić information content (AvgIpc) is 2.94. The molecule has 14 heteroatoms. The molecule has 2 aliphatic heterocycles. The first kappa shape index (κ1) is 26.8. The average molecular weight is 494 g/mol. The number of amides is 3. The van der Waals surface area contributed by atoms with Gasteiger partial charge < -0.3 is 20.5 Å². The molecule has 3 N–H and O–H groups in total. The zero-order valence-electron chi connectivity index (χ0n) is 18.7. The quantitative estimate of drug-likeness (QED) is 0.256. The molecule has 188 valence electrons. The van der Waals surface area contributed by atoms with E-state index in [4.69, 9.17) is 24.0 Å². The first-order valence-electron chi connectivity index (χ1n) is 10.7. The summed E-state index contributed by atoms with van der Waals surface area (Å²) in [5.41, 5.74) is 4.59. The fraction of sp³-hybridized carbons (Fsp3) is 0.789. The minimum absolute atomic E-state index is 0.0122. The van der Waals surface area contributed by atoms with Gasteiger partial charge in [-0.1, -0.05) is 13.8 Å². The van der Waals surface area contributed by atoms with Crippen molar-refractivity contribution in [1.82, 2.24) is 9.96 Å². The highest BCUT2D eigenvalue weighted by molar-refractivity contribution is 7.81. The molecule has 0 saturated carbocycles. The summed E-state index contributed by atoms with van der Waals surface area (Å²) in [6, 6.07) is -2.10. The van der Waals surface area contributed by atoms with E-state index in [9.17, 15) is 27.6 Å². The van der Waals surface area contributed by atoms with E-state index in [0.29, 0.717) is 37.2 Å². The van der Waals surface area contributed by atoms with Crippen molar-refractivity contribution in [2.75, 3.05) is 19.8 Å². The van der Waals surface area contributed by atoms with Crippen LogP contribution in [-0.2, 0) is 38.0 Å². The zero-order chi connectivity index (χ0) is 24.8. The van der Waals surface area contributed by atoms with E-state index < -0.39 is 51.8 Å². The van der Waals surface area contributed by atoms with Crippen molar-refractivity contribution in [3.05, 3.63) is 0 Å². The molecule has 0 aromatic carbocycles. The maximum Gasteiger partial charge on any atom is 0.421 e. The van der Waals surface area contributed by atoms with E-state index >= 15 is 0 Å². The largest absolute Gasteiger partial charge is 0.481 e. The number of carboxylic acids is 1. The van der Waals surface area contributed by atoms with Crippen LogP contribution in [0.15, 0.2) is 0 Å². The van der Waals surface area contributed by atoms with Gasteiger partial charge in [-0.2, -0.15) is 13.5 Å². The summed E-state index contributed by atoms with van der Waals surface area (Å²) < 4.78 is 39.5. The molecule has 2 aliphatic rings. The Morgan fingerprint density at radius 1 is 1.18 bits per heavy atom. The third kappa shape index (κ3) is 8.12. The maximum absolute atomic E-state index is 12.4. The predicted molar refractivity (Wildman–Crippen MR) is 111 cm³/mol. The number of carbonyl (C=O) groups excluding carboxylic acids is 3. The lowest BCUT2D eigenvalue weighted by molar-refractivity contribution is -0.145. The van der Waals surface area contributed by atoms with Gasteiger partial charge in [0.2, 0.25) is 5.91 Å². The molecular weight excluding hydrogens is 462 g/mol. The number of hydrogen-bond acceptors (Lipinski definition) is 9. The molecule has 0 radical (unpaired) electrons. The summed E-state index contributed by atoms with van der Waals surface area (Å²) in [7, 11) is -4.56. The highest BCUT2D eigenvalue weighted by Crippen LogP contribution is 2.31. The molecule has 2 heterocycles. The van der Waals surface area contributed by atoms with Crippen LogP contribution < -0.4 is 5.73 Å². The fourth-order valence-corrected chi connectivity index (χ4v) is 4.40. The molecule has 2 atom stereocenters. The topological polar surface area (TPSA) is 183 Å². The van der Waals surface area contributed by atoms with Crippen LogP contribution in [-0.4, -0.2) is 79.2 Å². The molecule has 0 aromatic heterocycles. The molecule has 0 aliphatic carbocycles. The van der Waals surface area contributed by atoms with Crippen LogP contribution in [0.1, 0.15) is 58.8 Å². The number of urea groups is 1. The van der Waals surface area contributed by atoms with Crippen molar-refractivity contribution < 1.29 is 45.9 Å². The number of fused-ring (bicyclic) bond motifs is 2. The van der Waals surface area contributed by atoms with E-state index in [0.717, 1.165) is 0 Å². The fourth-order valence-electron chi connectivity index (χ4n) is 3.51. The number of esters is 1.